The Bertz CT molecular complexity index is 1620. The topological polar surface area (TPSA) is 131 Å². The summed E-state index contributed by atoms with van der Waals surface area (Å²) in [5.41, 5.74) is 1.01. The van der Waals surface area contributed by atoms with Crippen molar-refractivity contribution in [3.05, 3.63) is 28.8 Å². The van der Waals surface area contributed by atoms with Crippen LogP contribution in [0.5, 0.6) is 11.9 Å². The number of hydrogen-bond acceptors (Lipinski definition) is 10. The lowest BCUT2D eigenvalue weighted by atomic mass is 9.96. The lowest BCUT2D eigenvalue weighted by Crippen LogP contribution is -2.41. The number of likely N-dealkylation sites (N-methyl/N-ethyl adjacent to an activating group) is 1. The van der Waals surface area contributed by atoms with Gasteiger partial charge in [0, 0.05) is 38.8 Å². The Kier molecular flexibility index (Phi) is 11.8. The second-order valence-electron chi connectivity index (χ2n) is 11.7. The van der Waals surface area contributed by atoms with Gasteiger partial charge in [-0.25, -0.2) is 13.8 Å². The summed E-state index contributed by atoms with van der Waals surface area (Å²) in [5.74, 6) is -2.63. The molecular formula is C32H43F5N8O3. The van der Waals surface area contributed by atoms with Gasteiger partial charge in [-0.15, -0.1) is 0 Å². The van der Waals surface area contributed by atoms with Gasteiger partial charge >= 0.3 is 12.2 Å². The first-order valence-corrected chi connectivity index (χ1v) is 16.0. The first kappa shape index (κ1) is 36.8. The van der Waals surface area contributed by atoms with Crippen LogP contribution in [0.4, 0.5) is 33.5 Å². The standard InChI is InChI=1S/C30H37F5N8O3.C2H6/c1-15-7-8-37-9-10-38-27-21-26(40-29(41-27)45-14-17-6-5-11-43(17)13-20(44)42(3)4)24(32)25(39-28(21)46-15)18-12-19(36)23(31)16(2)22(18)30(33,34)35;1-2/h12,15,17,37H,5-11,13-14,36H2,1-4H3,(H,38,40,41);1-2H3. The second-order valence-corrected chi connectivity index (χ2v) is 11.7. The number of likely N-dealkylation sites (tertiary alicyclic amines) is 1. The van der Waals surface area contributed by atoms with Crippen molar-refractivity contribution in [1.29, 1.82) is 0 Å². The average Bonchev–Trinajstić information content (AvgIpc) is 3.47. The van der Waals surface area contributed by atoms with E-state index in [2.05, 4.69) is 25.6 Å². The van der Waals surface area contributed by atoms with E-state index in [1.54, 1.807) is 21.0 Å². The van der Waals surface area contributed by atoms with Crippen LogP contribution in [0, 0.1) is 18.6 Å². The summed E-state index contributed by atoms with van der Waals surface area (Å²) < 4.78 is 86.2. The van der Waals surface area contributed by atoms with Crippen molar-refractivity contribution in [3.8, 4) is 23.1 Å². The van der Waals surface area contributed by atoms with E-state index in [1.807, 2.05) is 18.7 Å². The molecule has 1 saturated heterocycles. The normalized spacial score (nSPS) is 18.6. The van der Waals surface area contributed by atoms with Crippen molar-refractivity contribution in [2.45, 2.75) is 65.3 Å². The number of anilines is 2. The van der Waals surface area contributed by atoms with Crippen LogP contribution in [0.1, 0.15) is 51.2 Å². The summed E-state index contributed by atoms with van der Waals surface area (Å²) >= 11 is 0. The molecule has 264 valence electrons. The van der Waals surface area contributed by atoms with Crippen LogP contribution in [0.3, 0.4) is 0 Å². The number of amides is 1. The number of carbonyl (C=O) groups is 1. The summed E-state index contributed by atoms with van der Waals surface area (Å²) in [6, 6.07) is 0.342. The van der Waals surface area contributed by atoms with E-state index in [0.717, 1.165) is 25.8 Å². The molecule has 0 spiro atoms. The minimum Gasteiger partial charge on any atom is -0.474 e. The zero-order chi connectivity index (χ0) is 35.3. The van der Waals surface area contributed by atoms with Gasteiger partial charge in [0.15, 0.2) is 5.82 Å². The van der Waals surface area contributed by atoms with Crippen molar-refractivity contribution in [2.24, 2.45) is 0 Å². The molecule has 2 aromatic heterocycles. The van der Waals surface area contributed by atoms with Crippen LogP contribution in [0.2, 0.25) is 0 Å². The Morgan fingerprint density at radius 2 is 1.85 bits per heavy atom. The lowest BCUT2D eigenvalue weighted by molar-refractivity contribution is -0.137. The van der Waals surface area contributed by atoms with Crippen LogP contribution in [-0.4, -0.2) is 96.2 Å². The fourth-order valence-electron chi connectivity index (χ4n) is 5.67. The molecule has 2 aliphatic rings. The molecule has 1 aromatic carbocycles. The molecule has 4 N–H and O–H groups in total. The maximum atomic E-state index is 16.5. The van der Waals surface area contributed by atoms with Crippen LogP contribution < -0.4 is 25.8 Å². The molecule has 2 unspecified atom stereocenters. The number of nitrogens with one attached hydrogen (secondary N) is 2. The number of ether oxygens (including phenoxy) is 2. The van der Waals surface area contributed by atoms with E-state index in [1.165, 1.54) is 4.90 Å². The van der Waals surface area contributed by atoms with Crippen LogP contribution in [0.25, 0.3) is 22.2 Å². The molecular weight excluding hydrogens is 639 g/mol. The Hall–Kier alpha value is -4.05. The number of nitrogens with zero attached hydrogens (tertiary/aromatic N) is 5. The fraction of sp³-hybridized carbons (Fsp3) is 0.562. The third kappa shape index (κ3) is 7.97. The van der Waals surface area contributed by atoms with Gasteiger partial charge in [-0.1, -0.05) is 13.8 Å². The number of hydrogen-bond donors (Lipinski definition) is 3. The minimum atomic E-state index is -5.07. The first-order chi connectivity index (χ1) is 22.8. The SMILES string of the molecule is CC.Cc1c(F)c(N)cc(-c2nc3c4c(nc(OCC5CCCN5CC(=O)N(C)C)nc4c2F)NCCNCCC(C)O3)c1C(F)(F)F. The molecule has 2 aliphatic heterocycles. The molecule has 48 heavy (non-hydrogen) atoms. The van der Waals surface area contributed by atoms with Crippen LogP contribution in [-0.2, 0) is 11.0 Å². The number of nitrogen functional groups attached to an aromatic ring is 1. The van der Waals surface area contributed by atoms with Gasteiger partial charge in [0.2, 0.25) is 11.8 Å². The summed E-state index contributed by atoms with van der Waals surface area (Å²) in [5, 5.41) is 6.37. The van der Waals surface area contributed by atoms with Gasteiger partial charge in [-0.3, -0.25) is 9.69 Å². The monoisotopic (exact) mass is 682 g/mol. The highest BCUT2D eigenvalue weighted by atomic mass is 19.4. The number of pyridine rings is 1. The highest BCUT2D eigenvalue weighted by Crippen LogP contribution is 2.44. The van der Waals surface area contributed by atoms with Crippen molar-refractivity contribution in [2.75, 3.05) is 64.5 Å². The van der Waals surface area contributed by atoms with Gasteiger partial charge in [0.1, 0.15) is 34.8 Å². The van der Waals surface area contributed by atoms with Gasteiger partial charge in [-0.2, -0.15) is 23.1 Å². The third-order valence-corrected chi connectivity index (χ3v) is 8.17. The quantitative estimate of drug-likeness (QED) is 0.241. The summed E-state index contributed by atoms with van der Waals surface area (Å²) in [4.78, 5) is 28.8. The Balaban J connectivity index is 0.00000255. The molecule has 11 nitrogen and oxygen atoms in total. The largest absolute Gasteiger partial charge is 0.474 e. The molecule has 2 atom stereocenters. The smallest absolute Gasteiger partial charge is 0.417 e. The van der Waals surface area contributed by atoms with Crippen LogP contribution >= 0.6 is 0 Å². The number of nitrogens with two attached hydrogens (primary N) is 1. The maximum absolute atomic E-state index is 16.5. The summed E-state index contributed by atoms with van der Waals surface area (Å²) in [6.45, 7) is 9.09. The number of aromatic nitrogens is 3. The Morgan fingerprint density at radius 3 is 2.54 bits per heavy atom. The molecule has 5 rings (SSSR count). The van der Waals surface area contributed by atoms with Gasteiger partial charge in [0.05, 0.1) is 23.9 Å². The Labute approximate surface area is 276 Å². The number of carbonyl (C=O) groups excluding carboxylic acids is 1. The van der Waals surface area contributed by atoms with E-state index in [-0.39, 0.29) is 48.2 Å². The third-order valence-electron chi connectivity index (χ3n) is 8.17. The predicted molar refractivity (Wildman–Crippen MR) is 173 cm³/mol. The zero-order valence-electron chi connectivity index (χ0n) is 28.0. The summed E-state index contributed by atoms with van der Waals surface area (Å²) in [6.07, 6.45) is -3.45. The van der Waals surface area contributed by atoms with E-state index in [9.17, 15) is 22.4 Å². The van der Waals surface area contributed by atoms with Gasteiger partial charge in [0.25, 0.3) is 0 Å². The molecule has 3 aromatic rings. The van der Waals surface area contributed by atoms with Gasteiger partial charge in [-0.05, 0) is 57.8 Å². The highest BCUT2D eigenvalue weighted by molar-refractivity contribution is 5.96. The van der Waals surface area contributed by atoms with E-state index < -0.39 is 57.5 Å². The molecule has 16 heteroatoms. The first-order valence-electron chi connectivity index (χ1n) is 16.0. The van der Waals surface area contributed by atoms with E-state index in [0.29, 0.717) is 32.6 Å². The van der Waals surface area contributed by atoms with Crippen molar-refractivity contribution in [1.82, 2.24) is 30.1 Å². The van der Waals surface area contributed by atoms with Crippen molar-refractivity contribution < 1.29 is 36.2 Å². The molecule has 1 amide bonds. The fourth-order valence-corrected chi connectivity index (χ4v) is 5.67. The molecule has 0 saturated carbocycles. The van der Waals surface area contributed by atoms with E-state index in [4.69, 9.17) is 15.2 Å². The van der Waals surface area contributed by atoms with Crippen molar-refractivity contribution in [3.63, 3.8) is 0 Å². The molecule has 1 fully saturated rings. The Morgan fingerprint density at radius 1 is 1.12 bits per heavy atom. The van der Waals surface area contributed by atoms with Gasteiger partial charge < -0.3 is 30.7 Å². The minimum absolute atomic E-state index is 0.0155. The number of alkyl halides is 3. The summed E-state index contributed by atoms with van der Waals surface area (Å²) in [7, 11) is 3.35. The molecule has 0 bridgehead atoms. The van der Waals surface area contributed by atoms with Crippen molar-refractivity contribution >= 4 is 28.3 Å². The highest BCUT2D eigenvalue weighted by Gasteiger charge is 2.39. The molecule has 0 radical (unpaired) electrons. The maximum Gasteiger partial charge on any atom is 0.417 e. The molecule has 0 aliphatic carbocycles. The number of rotatable bonds is 6. The van der Waals surface area contributed by atoms with Crippen LogP contribution in [0.15, 0.2) is 6.07 Å². The average molecular weight is 683 g/mol. The lowest BCUT2D eigenvalue weighted by Gasteiger charge is -2.25. The predicted octanol–water partition coefficient (Wildman–Crippen LogP) is 5.01. The number of halogens is 5. The zero-order valence-corrected chi connectivity index (χ0v) is 28.0. The molecule has 4 heterocycles. The number of benzene rings is 1. The van der Waals surface area contributed by atoms with E-state index >= 15 is 4.39 Å². The second kappa shape index (κ2) is 15.4.